The molecule has 1 unspecified atom stereocenters. The highest BCUT2D eigenvalue weighted by Crippen LogP contribution is 2.40. The van der Waals surface area contributed by atoms with Crippen molar-refractivity contribution in [2.24, 2.45) is 0 Å². The van der Waals surface area contributed by atoms with Crippen molar-refractivity contribution in [2.45, 2.75) is 6.04 Å². The molecule has 0 bridgehead atoms. The van der Waals surface area contributed by atoms with Crippen LogP contribution in [0.15, 0.2) is 58.1 Å². The van der Waals surface area contributed by atoms with Gasteiger partial charge < -0.3 is 5.32 Å². The van der Waals surface area contributed by atoms with Crippen molar-refractivity contribution in [3.63, 3.8) is 0 Å². The molecule has 10 heteroatoms. The van der Waals surface area contributed by atoms with Gasteiger partial charge in [0.05, 0.1) is 5.69 Å². The summed E-state index contributed by atoms with van der Waals surface area (Å²) in [7, 11) is 0. The topological polar surface area (TPSA) is 114 Å². The minimum absolute atomic E-state index is 0.339. The number of nitrogens with zero attached hydrogens (tertiary/aromatic N) is 6. The molecule has 4 heterocycles. The van der Waals surface area contributed by atoms with Gasteiger partial charge in [-0.3, -0.25) is 9.78 Å². The van der Waals surface area contributed by atoms with Crippen molar-refractivity contribution in [1.29, 1.82) is 0 Å². The summed E-state index contributed by atoms with van der Waals surface area (Å²) >= 11 is 3.44. The van der Waals surface area contributed by atoms with Crippen LogP contribution in [0.2, 0.25) is 0 Å². The number of tetrazole rings is 1. The molecule has 0 saturated heterocycles. The first-order valence-electron chi connectivity index (χ1n) is 8.05. The summed E-state index contributed by atoms with van der Waals surface area (Å²) in [5, 5.41) is 21.8. The molecule has 0 spiro atoms. The van der Waals surface area contributed by atoms with Gasteiger partial charge in [-0.2, -0.15) is 9.78 Å². The molecule has 0 radical (unpaired) electrons. The maximum atomic E-state index is 12.5. The Morgan fingerprint density at radius 3 is 2.78 bits per heavy atom. The van der Waals surface area contributed by atoms with Crippen LogP contribution in [0.25, 0.3) is 11.3 Å². The lowest BCUT2D eigenvalue weighted by Gasteiger charge is -2.27. The smallest absolute Gasteiger partial charge is 0.288 e. The number of aromatic amines is 1. The van der Waals surface area contributed by atoms with E-state index in [0.717, 1.165) is 15.6 Å². The second-order valence-corrected chi connectivity index (χ2v) is 6.87. The Hall–Kier alpha value is -3.40. The summed E-state index contributed by atoms with van der Waals surface area (Å²) in [4.78, 5) is 16.7. The van der Waals surface area contributed by atoms with Crippen LogP contribution in [-0.4, -0.2) is 35.4 Å². The Labute approximate surface area is 160 Å². The van der Waals surface area contributed by atoms with Crippen LogP contribution in [0, 0.1) is 0 Å². The molecule has 2 N–H and O–H groups in total. The highest BCUT2D eigenvalue weighted by molar-refractivity contribution is 9.10. The molecule has 0 amide bonds. The van der Waals surface area contributed by atoms with Crippen LogP contribution in [0.5, 0.6) is 0 Å². The summed E-state index contributed by atoms with van der Waals surface area (Å²) in [6.45, 7) is 0. The minimum Gasteiger partial charge on any atom is -0.318 e. The van der Waals surface area contributed by atoms with E-state index in [1.54, 1.807) is 17.1 Å². The van der Waals surface area contributed by atoms with E-state index >= 15 is 0 Å². The first-order valence-corrected chi connectivity index (χ1v) is 8.85. The third-order valence-electron chi connectivity index (χ3n) is 4.39. The van der Waals surface area contributed by atoms with Crippen LogP contribution in [0.1, 0.15) is 17.2 Å². The molecule has 1 atom stereocenters. The average Bonchev–Trinajstić information content (AvgIpc) is 3.17. The monoisotopic (exact) mass is 422 g/mol. The van der Waals surface area contributed by atoms with Crippen molar-refractivity contribution < 1.29 is 0 Å². The molecule has 132 valence electrons. The number of rotatable bonds is 2. The molecular weight excluding hydrogens is 412 g/mol. The van der Waals surface area contributed by atoms with E-state index in [1.807, 2.05) is 36.4 Å². The molecule has 9 nitrogen and oxygen atoms in total. The number of fused-ring (bicyclic) bond motifs is 2. The molecule has 5 rings (SSSR count). The third-order valence-corrected chi connectivity index (χ3v) is 4.91. The van der Waals surface area contributed by atoms with E-state index in [-0.39, 0.29) is 5.56 Å². The molecule has 1 aromatic carbocycles. The summed E-state index contributed by atoms with van der Waals surface area (Å²) < 4.78 is 2.58. The molecule has 0 saturated carbocycles. The molecular formula is C17H11BrN8O. The Morgan fingerprint density at radius 1 is 1.15 bits per heavy atom. The zero-order chi connectivity index (χ0) is 18.4. The molecule has 27 heavy (non-hydrogen) atoms. The van der Waals surface area contributed by atoms with E-state index < -0.39 is 6.04 Å². The highest BCUT2D eigenvalue weighted by Gasteiger charge is 2.34. The van der Waals surface area contributed by atoms with Crippen molar-refractivity contribution in [1.82, 2.24) is 35.4 Å². The van der Waals surface area contributed by atoms with Crippen molar-refractivity contribution >= 4 is 27.6 Å². The van der Waals surface area contributed by atoms with Gasteiger partial charge in [0.2, 0.25) is 5.95 Å². The number of H-pyrrole nitrogens is 1. The lowest BCUT2D eigenvalue weighted by atomic mass is 9.93. The zero-order valence-corrected chi connectivity index (χ0v) is 15.3. The van der Waals surface area contributed by atoms with Gasteiger partial charge in [0.1, 0.15) is 11.7 Å². The summed E-state index contributed by atoms with van der Waals surface area (Å²) in [6.07, 6.45) is 3.43. The summed E-state index contributed by atoms with van der Waals surface area (Å²) in [5.74, 6) is 0.384. The lowest BCUT2D eigenvalue weighted by molar-refractivity contribution is 0.566. The summed E-state index contributed by atoms with van der Waals surface area (Å²) in [5.41, 5.74) is 3.07. The Balaban J connectivity index is 1.82. The minimum atomic E-state index is -0.437. The number of hydrogen-bond acceptors (Lipinski definition) is 7. The van der Waals surface area contributed by atoms with Gasteiger partial charge in [0.15, 0.2) is 0 Å². The number of benzene rings is 1. The zero-order valence-electron chi connectivity index (χ0n) is 13.7. The van der Waals surface area contributed by atoms with Gasteiger partial charge in [-0.05, 0) is 34.2 Å². The normalized spacial score (nSPS) is 14.9. The van der Waals surface area contributed by atoms with Gasteiger partial charge in [0, 0.05) is 28.0 Å². The number of anilines is 2. The first kappa shape index (κ1) is 15.8. The first-order chi connectivity index (χ1) is 13.2. The van der Waals surface area contributed by atoms with Gasteiger partial charge in [-0.15, -0.1) is 0 Å². The number of pyridine rings is 1. The maximum absolute atomic E-state index is 12.5. The fourth-order valence-corrected chi connectivity index (χ4v) is 3.48. The van der Waals surface area contributed by atoms with Crippen LogP contribution < -0.4 is 10.9 Å². The Morgan fingerprint density at radius 2 is 2.00 bits per heavy atom. The second kappa shape index (κ2) is 6.09. The fraction of sp³-hybridized carbons (Fsp3) is 0.0588. The number of nitrogens with one attached hydrogen (secondary N) is 2. The second-order valence-electron chi connectivity index (χ2n) is 5.96. The van der Waals surface area contributed by atoms with E-state index in [4.69, 9.17) is 0 Å². The summed E-state index contributed by atoms with van der Waals surface area (Å²) in [6, 6.07) is 11.0. The van der Waals surface area contributed by atoms with Crippen molar-refractivity contribution in [2.75, 3.05) is 5.32 Å². The van der Waals surface area contributed by atoms with E-state index in [2.05, 4.69) is 52.0 Å². The third kappa shape index (κ3) is 2.53. The fourth-order valence-electron chi connectivity index (χ4n) is 3.21. The van der Waals surface area contributed by atoms with Crippen LogP contribution in [0.4, 0.5) is 11.6 Å². The van der Waals surface area contributed by atoms with Crippen LogP contribution in [-0.2, 0) is 0 Å². The van der Waals surface area contributed by atoms with E-state index in [0.29, 0.717) is 22.9 Å². The van der Waals surface area contributed by atoms with Crippen molar-refractivity contribution in [3.8, 4) is 11.3 Å². The SMILES string of the molecule is O=c1[nH]nc(-c2ccc(Br)cc2)c2c1Nc1nnnn1C2c1cccnc1. The largest absolute Gasteiger partial charge is 0.318 e. The van der Waals surface area contributed by atoms with E-state index in [9.17, 15) is 4.79 Å². The van der Waals surface area contributed by atoms with Crippen LogP contribution >= 0.6 is 15.9 Å². The van der Waals surface area contributed by atoms with Gasteiger partial charge in [0.25, 0.3) is 5.56 Å². The molecule has 1 aliphatic heterocycles. The Kier molecular flexibility index (Phi) is 3.57. The molecule has 1 aliphatic rings. The van der Waals surface area contributed by atoms with Gasteiger partial charge in [-0.1, -0.05) is 39.2 Å². The Bertz CT molecular complexity index is 1190. The standard InChI is InChI=1S/C17H11BrN8O/c18-11-5-3-9(4-6-11)13-12-14(16(27)22-21-13)20-17-23-24-25-26(17)15(12)10-2-1-7-19-8-10/h1-8,15H,(H,22,27)(H,20,23,25). The molecule has 3 aromatic heterocycles. The molecule has 0 fully saturated rings. The molecule has 0 aliphatic carbocycles. The van der Waals surface area contributed by atoms with Crippen molar-refractivity contribution in [3.05, 3.63) is 74.7 Å². The number of hydrogen-bond donors (Lipinski definition) is 2. The highest BCUT2D eigenvalue weighted by atomic mass is 79.9. The maximum Gasteiger partial charge on any atom is 0.288 e. The van der Waals surface area contributed by atoms with E-state index in [1.165, 1.54) is 0 Å². The number of aromatic nitrogens is 7. The predicted molar refractivity (Wildman–Crippen MR) is 101 cm³/mol. The lowest BCUT2D eigenvalue weighted by Crippen LogP contribution is -2.29. The van der Waals surface area contributed by atoms with Gasteiger partial charge >= 0.3 is 0 Å². The number of halogens is 1. The quantitative estimate of drug-likeness (QED) is 0.448. The van der Waals surface area contributed by atoms with Crippen LogP contribution in [0.3, 0.4) is 0 Å². The molecule has 4 aromatic rings. The average molecular weight is 423 g/mol. The van der Waals surface area contributed by atoms with Gasteiger partial charge in [-0.25, -0.2) is 5.10 Å². The predicted octanol–water partition coefficient (Wildman–Crippen LogP) is 2.28.